The van der Waals surface area contributed by atoms with Crippen molar-refractivity contribution in [2.75, 3.05) is 7.11 Å². The van der Waals surface area contributed by atoms with Crippen LogP contribution in [0.1, 0.15) is 22.5 Å². The minimum Gasteiger partial charge on any atom is -0.495 e. The molecule has 4 rings (SSSR count). The first-order valence-electron chi connectivity index (χ1n) is 10.2. The largest absolute Gasteiger partial charge is 0.495 e. The molecule has 0 unspecified atom stereocenters. The Kier molecular flexibility index (Phi) is 6.49. The molecule has 1 aliphatic rings. The Hall–Kier alpha value is -3.56. The topological polar surface area (TPSA) is 94.7 Å². The zero-order chi connectivity index (χ0) is 24.6. The molecule has 0 aliphatic carbocycles. The number of hydrogen-bond donors (Lipinski definition) is 0. The van der Waals surface area contributed by atoms with Gasteiger partial charge in [0.25, 0.3) is 16.8 Å². The molecule has 2 aromatic carbocycles. The standard InChI is InChI=1S/C24H20ClN3O5S/c1-14-9-17(15(2)27(14)20-12-18(25)7-8-21(20)33-3)11-22-23(29)26(24(30)34-22)13-16-5-4-6-19(10-16)28(31)32/h4-12H,13H2,1-3H3/b22-11+. The number of aromatic nitrogens is 1. The number of thioether (sulfide) groups is 1. The van der Waals surface area contributed by atoms with Crippen LogP contribution >= 0.6 is 23.4 Å². The van der Waals surface area contributed by atoms with Crippen LogP contribution in [-0.2, 0) is 11.3 Å². The van der Waals surface area contributed by atoms with Crippen LogP contribution < -0.4 is 4.74 Å². The first kappa shape index (κ1) is 23.6. The van der Waals surface area contributed by atoms with Gasteiger partial charge in [-0.1, -0.05) is 23.7 Å². The van der Waals surface area contributed by atoms with E-state index in [0.717, 1.165) is 39.3 Å². The molecule has 10 heteroatoms. The van der Waals surface area contributed by atoms with Crippen LogP contribution in [0.3, 0.4) is 0 Å². The summed E-state index contributed by atoms with van der Waals surface area (Å²) in [5.41, 5.74) is 3.71. The van der Waals surface area contributed by atoms with Crippen LogP contribution in [0.15, 0.2) is 53.4 Å². The molecule has 1 aromatic heterocycles. The van der Waals surface area contributed by atoms with Gasteiger partial charge < -0.3 is 9.30 Å². The van der Waals surface area contributed by atoms with Gasteiger partial charge in [0.15, 0.2) is 0 Å². The van der Waals surface area contributed by atoms with E-state index < -0.39 is 16.1 Å². The number of halogens is 1. The fourth-order valence-electron chi connectivity index (χ4n) is 3.87. The van der Waals surface area contributed by atoms with E-state index >= 15 is 0 Å². The van der Waals surface area contributed by atoms with Crippen LogP contribution in [0.4, 0.5) is 10.5 Å². The van der Waals surface area contributed by atoms with Crippen molar-refractivity contribution in [1.29, 1.82) is 0 Å². The number of rotatable bonds is 6. The first-order valence-corrected chi connectivity index (χ1v) is 11.4. The number of ether oxygens (including phenoxy) is 1. The Labute approximate surface area is 204 Å². The van der Waals surface area contributed by atoms with E-state index in [-0.39, 0.29) is 17.1 Å². The predicted octanol–water partition coefficient (Wildman–Crippen LogP) is 5.90. The average Bonchev–Trinajstić information content (AvgIpc) is 3.23. The Morgan fingerprint density at radius 2 is 1.91 bits per heavy atom. The molecule has 0 bridgehead atoms. The van der Waals surface area contributed by atoms with Crippen molar-refractivity contribution in [3.63, 3.8) is 0 Å². The summed E-state index contributed by atoms with van der Waals surface area (Å²) in [7, 11) is 1.58. The van der Waals surface area contributed by atoms with Gasteiger partial charge in [0.2, 0.25) is 0 Å². The Morgan fingerprint density at radius 3 is 2.62 bits per heavy atom. The van der Waals surface area contributed by atoms with E-state index in [2.05, 4.69) is 0 Å². The third-order valence-electron chi connectivity index (χ3n) is 5.47. The van der Waals surface area contributed by atoms with E-state index in [4.69, 9.17) is 16.3 Å². The fraction of sp³-hybridized carbons (Fsp3) is 0.167. The summed E-state index contributed by atoms with van der Waals surface area (Å²) in [6, 6.07) is 13.2. The number of non-ortho nitro benzene ring substituents is 1. The molecule has 0 atom stereocenters. The summed E-state index contributed by atoms with van der Waals surface area (Å²) >= 11 is 7.05. The maximum Gasteiger partial charge on any atom is 0.293 e. The minimum atomic E-state index is -0.512. The SMILES string of the molecule is COc1ccc(Cl)cc1-n1c(C)cc(/C=C2/SC(=O)N(Cc3cccc([N+](=O)[O-])c3)C2=O)c1C. The molecule has 8 nitrogen and oxygen atoms in total. The molecule has 174 valence electrons. The second kappa shape index (κ2) is 9.36. The fourth-order valence-corrected chi connectivity index (χ4v) is 4.87. The maximum atomic E-state index is 13.0. The van der Waals surface area contributed by atoms with Crippen molar-refractivity contribution in [2.24, 2.45) is 0 Å². The number of aryl methyl sites for hydroxylation is 1. The van der Waals surface area contributed by atoms with Gasteiger partial charge in [-0.3, -0.25) is 24.6 Å². The number of benzene rings is 2. The van der Waals surface area contributed by atoms with Crippen LogP contribution in [-0.4, -0.2) is 32.6 Å². The number of methoxy groups -OCH3 is 1. The van der Waals surface area contributed by atoms with Crippen molar-refractivity contribution >= 4 is 46.3 Å². The van der Waals surface area contributed by atoms with Crippen LogP contribution in [0, 0.1) is 24.0 Å². The lowest BCUT2D eigenvalue weighted by atomic mass is 10.2. The number of imide groups is 1. The summed E-state index contributed by atoms with van der Waals surface area (Å²) in [6.45, 7) is 3.80. The minimum absolute atomic E-state index is 0.0393. The second-order valence-electron chi connectivity index (χ2n) is 7.67. The highest BCUT2D eigenvalue weighted by Gasteiger charge is 2.35. The van der Waals surface area contributed by atoms with E-state index in [1.807, 2.05) is 24.5 Å². The van der Waals surface area contributed by atoms with E-state index in [1.165, 1.54) is 18.2 Å². The maximum absolute atomic E-state index is 13.0. The van der Waals surface area contributed by atoms with Crippen molar-refractivity contribution < 1.29 is 19.2 Å². The summed E-state index contributed by atoms with van der Waals surface area (Å²) in [5, 5.41) is 11.2. The Bertz CT molecular complexity index is 1360. The lowest BCUT2D eigenvalue weighted by molar-refractivity contribution is -0.384. The number of nitro groups is 1. The number of amides is 2. The molecule has 0 radical (unpaired) electrons. The molecule has 34 heavy (non-hydrogen) atoms. The van der Waals surface area contributed by atoms with Gasteiger partial charge in [0.1, 0.15) is 5.75 Å². The first-order chi connectivity index (χ1) is 16.2. The van der Waals surface area contributed by atoms with Gasteiger partial charge in [-0.05, 0) is 67.1 Å². The zero-order valence-electron chi connectivity index (χ0n) is 18.6. The van der Waals surface area contributed by atoms with Gasteiger partial charge in [0, 0.05) is 28.5 Å². The molecular formula is C24H20ClN3O5S. The molecule has 2 heterocycles. The quantitative estimate of drug-likeness (QED) is 0.239. The van der Waals surface area contributed by atoms with Crippen molar-refractivity contribution in [3.05, 3.63) is 91.1 Å². The highest BCUT2D eigenvalue weighted by atomic mass is 35.5. The Morgan fingerprint density at radius 1 is 1.15 bits per heavy atom. The van der Waals surface area contributed by atoms with Gasteiger partial charge in [0.05, 0.1) is 29.2 Å². The third-order valence-corrected chi connectivity index (χ3v) is 6.62. The number of nitrogens with zero attached hydrogens (tertiary/aromatic N) is 3. The lowest BCUT2D eigenvalue weighted by Gasteiger charge is -2.14. The molecule has 1 aliphatic heterocycles. The van der Waals surface area contributed by atoms with Gasteiger partial charge >= 0.3 is 0 Å². The lowest BCUT2D eigenvalue weighted by Crippen LogP contribution is -2.27. The van der Waals surface area contributed by atoms with Gasteiger partial charge in [-0.2, -0.15) is 0 Å². The number of hydrogen-bond acceptors (Lipinski definition) is 6. The number of nitro benzene ring substituents is 1. The van der Waals surface area contributed by atoms with E-state index in [9.17, 15) is 19.7 Å². The molecule has 1 fully saturated rings. The second-order valence-corrected chi connectivity index (χ2v) is 9.10. The molecule has 0 spiro atoms. The van der Waals surface area contributed by atoms with E-state index in [0.29, 0.717) is 16.3 Å². The molecule has 0 N–H and O–H groups in total. The molecule has 0 saturated carbocycles. The highest BCUT2D eigenvalue weighted by molar-refractivity contribution is 8.18. The molecule has 2 amide bonds. The molecule has 3 aromatic rings. The summed E-state index contributed by atoms with van der Waals surface area (Å²) in [5.74, 6) is 0.210. The predicted molar refractivity (Wildman–Crippen MR) is 131 cm³/mol. The van der Waals surface area contributed by atoms with Crippen molar-refractivity contribution in [1.82, 2.24) is 9.47 Å². The van der Waals surface area contributed by atoms with Gasteiger partial charge in [-0.15, -0.1) is 0 Å². The summed E-state index contributed by atoms with van der Waals surface area (Å²) < 4.78 is 7.46. The van der Waals surface area contributed by atoms with Crippen LogP contribution in [0.5, 0.6) is 5.75 Å². The van der Waals surface area contributed by atoms with Crippen molar-refractivity contribution in [3.8, 4) is 11.4 Å². The Balaban J connectivity index is 1.65. The molecular weight excluding hydrogens is 478 g/mol. The molecule has 1 saturated heterocycles. The summed E-state index contributed by atoms with van der Waals surface area (Å²) in [4.78, 5) is 37.5. The summed E-state index contributed by atoms with van der Waals surface area (Å²) in [6.07, 6.45) is 1.69. The zero-order valence-corrected chi connectivity index (χ0v) is 20.1. The van der Waals surface area contributed by atoms with Crippen LogP contribution in [0.25, 0.3) is 11.8 Å². The third kappa shape index (κ3) is 4.44. The smallest absolute Gasteiger partial charge is 0.293 e. The van der Waals surface area contributed by atoms with Crippen LogP contribution in [0.2, 0.25) is 5.02 Å². The average molecular weight is 498 g/mol. The number of carbonyl (C=O) groups is 2. The van der Waals surface area contributed by atoms with Crippen molar-refractivity contribution in [2.45, 2.75) is 20.4 Å². The van der Waals surface area contributed by atoms with Gasteiger partial charge in [-0.25, -0.2) is 0 Å². The monoisotopic (exact) mass is 497 g/mol. The number of carbonyl (C=O) groups excluding carboxylic acids is 2. The highest BCUT2D eigenvalue weighted by Crippen LogP contribution is 2.36. The normalized spacial score (nSPS) is 14.8. The van der Waals surface area contributed by atoms with E-state index in [1.54, 1.807) is 37.5 Å².